The summed E-state index contributed by atoms with van der Waals surface area (Å²) in [6, 6.07) is 14.4. The monoisotopic (exact) mass is 355 g/mol. The van der Waals surface area contributed by atoms with E-state index < -0.39 is 0 Å². The summed E-state index contributed by atoms with van der Waals surface area (Å²) < 4.78 is 1.00. The molecule has 0 saturated heterocycles. The van der Waals surface area contributed by atoms with Crippen molar-refractivity contribution in [1.29, 1.82) is 0 Å². The van der Waals surface area contributed by atoms with E-state index in [1.54, 1.807) is 11.8 Å². The molecule has 0 radical (unpaired) electrons. The Hall–Kier alpha value is -0.480. The minimum absolute atomic E-state index is 0.0665. The van der Waals surface area contributed by atoms with Crippen LogP contribution in [0.25, 0.3) is 0 Å². The van der Waals surface area contributed by atoms with Crippen LogP contribution in [0, 0.1) is 0 Å². The fourth-order valence-electron chi connectivity index (χ4n) is 1.69. The molecule has 0 bridgehead atoms. The van der Waals surface area contributed by atoms with Crippen molar-refractivity contribution < 1.29 is 0 Å². The number of benzene rings is 2. The summed E-state index contributed by atoms with van der Waals surface area (Å²) in [5.74, 6) is 0.856. The fraction of sp³-hybridized carbons (Fsp3) is 0.200. The van der Waals surface area contributed by atoms with Gasteiger partial charge in [0, 0.05) is 26.2 Å². The number of rotatable bonds is 4. The van der Waals surface area contributed by atoms with Gasteiger partial charge in [0.15, 0.2) is 0 Å². The Kier molecular flexibility index (Phi) is 5.34. The first-order chi connectivity index (χ1) is 9.06. The zero-order valence-electron chi connectivity index (χ0n) is 10.6. The number of hydrogen-bond acceptors (Lipinski definition) is 2. The lowest BCUT2D eigenvalue weighted by Gasteiger charge is -2.09. The van der Waals surface area contributed by atoms with Gasteiger partial charge < -0.3 is 5.73 Å². The van der Waals surface area contributed by atoms with Crippen molar-refractivity contribution in [2.45, 2.75) is 23.6 Å². The highest BCUT2D eigenvalue weighted by Gasteiger charge is 2.04. The molecular formula is C15H15BrClNS. The highest BCUT2D eigenvalue weighted by atomic mass is 79.9. The average Bonchev–Trinajstić information content (AvgIpc) is 2.38. The molecule has 19 heavy (non-hydrogen) atoms. The molecule has 100 valence electrons. The lowest BCUT2D eigenvalue weighted by molar-refractivity contribution is 0.815. The largest absolute Gasteiger partial charge is 0.324 e. The lowest BCUT2D eigenvalue weighted by Crippen LogP contribution is -2.04. The Bertz CT molecular complexity index is 572. The topological polar surface area (TPSA) is 26.0 Å². The van der Waals surface area contributed by atoms with Gasteiger partial charge in [-0.2, -0.15) is 0 Å². The molecule has 0 aliphatic heterocycles. The Labute approximate surface area is 131 Å². The van der Waals surface area contributed by atoms with Gasteiger partial charge in [0.25, 0.3) is 0 Å². The predicted octanol–water partition coefficient (Wildman–Crippen LogP) is 5.41. The van der Waals surface area contributed by atoms with Crippen molar-refractivity contribution in [3.63, 3.8) is 0 Å². The van der Waals surface area contributed by atoms with Gasteiger partial charge >= 0.3 is 0 Å². The van der Waals surface area contributed by atoms with Crippen LogP contribution in [0.15, 0.2) is 51.8 Å². The summed E-state index contributed by atoms with van der Waals surface area (Å²) in [6.45, 7) is 2.00. The SMILES string of the molecule is CC(N)c1cccc(SCc2ccc(Br)cc2Cl)c1. The second-order valence-corrected chi connectivity index (χ2v) is 6.76. The molecule has 2 rings (SSSR count). The van der Waals surface area contributed by atoms with Gasteiger partial charge in [-0.15, -0.1) is 11.8 Å². The van der Waals surface area contributed by atoms with Crippen LogP contribution in [0.2, 0.25) is 5.02 Å². The second kappa shape index (κ2) is 6.80. The average molecular weight is 357 g/mol. The van der Waals surface area contributed by atoms with Crippen LogP contribution in [0.5, 0.6) is 0 Å². The van der Waals surface area contributed by atoms with Crippen molar-refractivity contribution in [3.05, 3.63) is 63.1 Å². The molecule has 0 aliphatic rings. The van der Waals surface area contributed by atoms with Crippen LogP contribution < -0.4 is 5.73 Å². The molecule has 0 spiro atoms. The highest BCUT2D eigenvalue weighted by Crippen LogP contribution is 2.29. The summed E-state index contributed by atoms with van der Waals surface area (Å²) in [6.07, 6.45) is 0. The van der Waals surface area contributed by atoms with E-state index in [0.29, 0.717) is 0 Å². The molecule has 2 aromatic rings. The van der Waals surface area contributed by atoms with Crippen LogP contribution in [-0.4, -0.2) is 0 Å². The molecule has 0 aromatic heterocycles. The van der Waals surface area contributed by atoms with Gasteiger partial charge in [-0.1, -0.05) is 45.7 Å². The van der Waals surface area contributed by atoms with Crippen molar-refractivity contribution in [2.24, 2.45) is 5.73 Å². The molecule has 1 atom stereocenters. The molecule has 0 aliphatic carbocycles. The van der Waals surface area contributed by atoms with Crippen LogP contribution in [-0.2, 0) is 5.75 Å². The summed E-state index contributed by atoms with van der Waals surface area (Å²) in [7, 11) is 0. The van der Waals surface area contributed by atoms with Crippen LogP contribution in [0.3, 0.4) is 0 Å². The maximum Gasteiger partial charge on any atom is 0.0457 e. The van der Waals surface area contributed by atoms with E-state index in [-0.39, 0.29) is 6.04 Å². The number of halogens is 2. The van der Waals surface area contributed by atoms with Crippen LogP contribution >= 0.6 is 39.3 Å². The molecule has 4 heteroatoms. The van der Waals surface area contributed by atoms with Crippen molar-refractivity contribution in [2.75, 3.05) is 0 Å². The van der Waals surface area contributed by atoms with Gasteiger partial charge in [-0.3, -0.25) is 0 Å². The van der Waals surface area contributed by atoms with Crippen molar-refractivity contribution in [3.8, 4) is 0 Å². The predicted molar refractivity (Wildman–Crippen MR) is 87.8 cm³/mol. The van der Waals surface area contributed by atoms with E-state index in [0.717, 1.165) is 26.4 Å². The second-order valence-electron chi connectivity index (χ2n) is 4.39. The molecule has 0 amide bonds. The highest BCUT2D eigenvalue weighted by molar-refractivity contribution is 9.10. The third-order valence-electron chi connectivity index (χ3n) is 2.79. The maximum atomic E-state index is 6.21. The van der Waals surface area contributed by atoms with Crippen molar-refractivity contribution in [1.82, 2.24) is 0 Å². The van der Waals surface area contributed by atoms with E-state index in [1.807, 2.05) is 25.1 Å². The zero-order chi connectivity index (χ0) is 13.8. The third-order valence-corrected chi connectivity index (χ3v) is 4.68. The maximum absolute atomic E-state index is 6.21. The summed E-state index contributed by atoms with van der Waals surface area (Å²) in [5, 5.41) is 0.797. The molecule has 2 aromatic carbocycles. The Morgan fingerprint density at radius 2 is 2.05 bits per heavy atom. The van der Waals surface area contributed by atoms with E-state index in [2.05, 4.69) is 40.2 Å². The normalized spacial score (nSPS) is 12.4. The van der Waals surface area contributed by atoms with Crippen LogP contribution in [0.1, 0.15) is 24.1 Å². The molecule has 0 saturated carbocycles. The lowest BCUT2D eigenvalue weighted by atomic mass is 10.1. The minimum Gasteiger partial charge on any atom is -0.324 e. The van der Waals surface area contributed by atoms with Crippen LogP contribution in [0.4, 0.5) is 0 Å². The van der Waals surface area contributed by atoms with Gasteiger partial charge in [0.2, 0.25) is 0 Å². The first kappa shape index (κ1) is 14.9. The molecule has 0 fully saturated rings. The molecule has 1 unspecified atom stereocenters. The number of thioether (sulfide) groups is 1. The number of nitrogens with two attached hydrogens (primary N) is 1. The zero-order valence-corrected chi connectivity index (χ0v) is 13.7. The van der Waals surface area contributed by atoms with E-state index in [9.17, 15) is 0 Å². The molecule has 0 heterocycles. The van der Waals surface area contributed by atoms with Gasteiger partial charge in [0.05, 0.1) is 0 Å². The first-order valence-corrected chi connectivity index (χ1v) is 8.14. The summed E-state index contributed by atoms with van der Waals surface area (Å²) in [5.41, 5.74) is 8.19. The standard InChI is InChI=1S/C15H15BrClNS/c1-10(18)11-3-2-4-14(7-11)19-9-12-5-6-13(16)8-15(12)17/h2-8,10H,9,18H2,1H3. The molecule has 1 nitrogen and oxygen atoms in total. The Morgan fingerprint density at radius 3 is 2.74 bits per heavy atom. The van der Waals surface area contributed by atoms with Crippen molar-refractivity contribution >= 4 is 39.3 Å². The number of hydrogen-bond donors (Lipinski definition) is 1. The van der Waals surface area contributed by atoms with E-state index in [1.165, 1.54) is 4.90 Å². The van der Waals surface area contributed by atoms with Gasteiger partial charge in [0.1, 0.15) is 0 Å². The van der Waals surface area contributed by atoms with Gasteiger partial charge in [-0.25, -0.2) is 0 Å². The first-order valence-electron chi connectivity index (χ1n) is 5.98. The molecule has 2 N–H and O–H groups in total. The Balaban J connectivity index is 2.08. The smallest absolute Gasteiger partial charge is 0.0457 e. The summed E-state index contributed by atoms with van der Waals surface area (Å²) >= 11 is 11.4. The quantitative estimate of drug-likeness (QED) is 0.741. The molecular weight excluding hydrogens is 342 g/mol. The van der Waals surface area contributed by atoms with Gasteiger partial charge in [-0.05, 0) is 42.3 Å². The fourth-order valence-corrected chi connectivity index (χ4v) is 3.47. The van der Waals surface area contributed by atoms with E-state index in [4.69, 9.17) is 17.3 Å². The minimum atomic E-state index is 0.0665. The van der Waals surface area contributed by atoms with E-state index >= 15 is 0 Å². The third kappa shape index (κ3) is 4.25. The summed E-state index contributed by atoms with van der Waals surface area (Å²) in [4.78, 5) is 1.22. The Morgan fingerprint density at radius 1 is 1.26 bits per heavy atom.